The maximum Gasteiger partial charge on any atom is 0.252 e. The monoisotopic (exact) mass is 306 g/mol. The van der Waals surface area contributed by atoms with E-state index in [4.69, 9.17) is 11.6 Å². The SMILES string of the molecule is Cc1c(CNS(=O)(=O)c2cnc(Cl)s2)cnn1C. The molecule has 9 heteroatoms. The highest BCUT2D eigenvalue weighted by Gasteiger charge is 2.18. The van der Waals surface area contributed by atoms with Gasteiger partial charge < -0.3 is 0 Å². The van der Waals surface area contributed by atoms with Gasteiger partial charge in [0.05, 0.1) is 12.4 Å². The van der Waals surface area contributed by atoms with Crippen molar-refractivity contribution in [2.75, 3.05) is 0 Å². The minimum atomic E-state index is -3.56. The summed E-state index contributed by atoms with van der Waals surface area (Å²) in [4.78, 5) is 3.71. The van der Waals surface area contributed by atoms with Crippen molar-refractivity contribution in [1.82, 2.24) is 19.5 Å². The summed E-state index contributed by atoms with van der Waals surface area (Å²) in [5.74, 6) is 0. The highest BCUT2D eigenvalue weighted by molar-refractivity contribution is 7.91. The molecule has 0 saturated heterocycles. The van der Waals surface area contributed by atoms with Gasteiger partial charge in [-0.1, -0.05) is 22.9 Å². The van der Waals surface area contributed by atoms with Crippen LogP contribution >= 0.6 is 22.9 Å². The van der Waals surface area contributed by atoms with Crippen molar-refractivity contribution in [2.45, 2.75) is 17.7 Å². The molecule has 0 spiro atoms. The molecule has 1 N–H and O–H groups in total. The molecule has 98 valence electrons. The number of hydrogen-bond donors (Lipinski definition) is 1. The molecule has 2 heterocycles. The molecular weight excluding hydrogens is 296 g/mol. The van der Waals surface area contributed by atoms with E-state index in [1.165, 1.54) is 6.20 Å². The Bertz CT molecular complexity index is 662. The smallest absolute Gasteiger partial charge is 0.252 e. The van der Waals surface area contributed by atoms with E-state index in [1.54, 1.807) is 17.9 Å². The van der Waals surface area contributed by atoms with Crippen LogP contribution in [-0.4, -0.2) is 23.2 Å². The number of aryl methyl sites for hydroxylation is 1. The first-order chi connectivity index (χ1) is 8.40. The van der Waals surface area contributed by atoms with Crippen LogP contribution in [0.3, 0.4) is 0 Å². The Morgan fingerprint density at radius 1 is 1.50 bits per heavy atom. The lowest BCUT2D eigenvalue weighted by molar-refractivity contribution is 0.583. The first-order valence-corrected chi connectivity index (χ1v) is 7.66. The zero-order chi connectivity index (χ0) is 13.3. The minimum Gasteiger partial charge on any atom is -0.273 e. The van der Waals surface area contributed by atoms with Crippen LogP contribution in [0.25, 0.3) is 0 Å². The quantitative estimate of drug-likeness (QED) is 0.924. The first-order valence-electron chi connectivity index (χ1n) is 4.98. The zero-order valence-corrected chi connectivity index (χ0v) is 12.1. The van der Waals surface area contributed by atoms with Crippen LogP contribution in [0.15, 0.2) is 16.6 Å². The Morgan fingerprint density at radius 3 is 2.72 bits per heavy atom. The fourth-order valence-electron chi connectivity index (χ4n) is 1.33. The van der Waals surface area contributed by atoms with Gasteiger partial charge in [-0.3, -0.25) is 4.68 Å². The Kier molecular flexibility index (Phi) is 3.71. The molecule has 0 aromatic carbocycles. The largest absolute Gasteiger partial charge is 0.273 e. The second-order valence-corrected chi connectivity index (χ2v) is 7.24. The van der Waals surface area contributed by atoms with Crippen LogP contribution in [0.5, 0.6) is 0 Å². The number of nitrogens with zero attached hydrogens (tertiary/aromatic N) is 3. The van der Waals surface area contributed by atoms with E-state index in [9.17, 15) is 8.42 Å². The molecular formula is C9H11ClN4O2S2. The van der Waals surface area contributed by atoms with Crippen LogP contribution < -0.4 is 4.72 Å². The van der Waals surface area contributed by atoms with Crippen molar-refractivity contribution in [3.8, 4) is 0 Å². The third kappa shape index (κ3) is 2.72. The highest BCUT2D eigenvalue weighted by atomic mass is 35.5. The Balaban J connectivity index is 2.13. The van der Waals surface area contributed by atoms with E-state index in [0.29, 0.717) is 0 Å². The third-order valence-corrected chi connectivity index (χ3v) is 5.49. The molecule has 2 rings (SSSR count). The van der Waals surface area contributed by atoms with Crippen LogP contribution in [0.4, 0.5) is 0 Å². The molecule has 0 fully saturated rings. The Morgan fingerprint density at radius 2 is 2.22 bits per heavy atom. The summed E-state index contributed by atoms with van der Waals surface area (Å²) in [5.41, 5.74) is 1.75. The zero-order valence-electron chi connectivity index (χ0n) is 9.71. The second kappa shape index (κ2) is 4.96. The fraction of sp³-hybridized carbons (Fsp3) is 0.333. The van der Waals surface area contributed by atoms with Crippen LogP contribution in [0.2, 0.25) is 4.47 Å². The topological polar surface area (TPSA) is 76.9 Å². The summed E-state index contributed by atoms with van der Waals surface area (Å²) >= 11 is 6.54. The van der Waals surface area contributed by atoms with Gasteiger partial charge in [0, 0.05) is 24.8 Å². The molecule has 0 radical (unpaired) electrons. The summed E-state index contributed by atoms with van der Waals surface area (Å²) < 4.78 is 28.3. The average molecular weight is 307 g/mol. The number of rotatable bonds is 4. The molecule has 6 nitrogen and oxygen atoms in total. The second-order valence-electron chi connectivity index (χ2n) is 3.64. The van der Waals surface area contributed by atoms with Gasteiger partial charge in [-0.05, 0) is 6.92 Å². The molecule has 0 bridgehead atoms. The molecule has 0 unspecified atom stereocenters. The van der Waals surface area contributed by atoms with Crippen LogP contribution in [-0.2, 0) is 23.6 Å². The normalized spacial score (nSPS) is 11.9. The molecule has 0 atom stereocenters. The summed E-state index contributed by atoms with van der Waals surface area (Å²) in [7, 11) is -1.76. The minimum absolute atomic E-state index is 0.106. The molecule has 0 aliphatic carbocycles. The van der Waals surface area contributed by atoms with E-state index < -0.39 is 10.0 Å². The fourth-order valence-corrected chi connectivity index (χ4v) is 3.67. The highest BCUT2D eigenvalue weighted by Crippen LogP contribution is 2.22. The molecule has 2 aromatic rings. The van der Waals surface area contributed by atoms with Gasteiger partial charge in [-0.25, -0.2) is 18.1 Å². The molecule has 18 heavy (non-hydrogen) atoms. The summed E-state index contributed by atoms with van der Waals surface area (Å²) in [5, 5.41) is 4.04. The number of aromatic nitrogens is 3. The van der Waals surface area contributed by atoms with Gasteiger partial charge in [0.2, 0.25) is 0 Å². The van der Waals surface area contributed by atoms with E-state index >= 15 is 0 Å². The van der Waals surface area contributed by atoms with Crippen molar-refractivity contribution in [2.24, 2.45) is 7.05 Å². The van der Waals surface area contributed by atoms with Crippen LogP contribution in [0, 0.1) is 6.92 Å². The van der Waals surface area contributed by atoms with E-state index in [0.717, 1.165) is 22.6 Å². The van der Waals surface area contributed by atoms with Gasteiger partial charge in [0.15, 0.2) is 8.68 Å². The molecule has 2 aromatic heterocycles. The predicted octanol–water partition coefficient (Wildman–Crippen LogP) is 1.32. The van der Waals surface area contributed by atoms with E-state index in [-0.39, 0.29) is 15.2 Å². The molecule has 0 aliphatic rings. The van der Waals surface area contributed by atoms with E-state index in [2.05, 4.69) is 14.8 Å². The third-order valence-electron chi connectivity index (χ3n) is 2.51. The summed E-state index contributed by atoms with van der Waals surface area (Å²) in [6, 6.07) is 0. The number of thiazole rings is 1. The lowest BCUT2D eigenvalue weighted by Gasteiger charge is -2.03. The number of halogens is 1. The molecule has 0 aliphatic heterocycles. The lowest BCUT2D eigenvalue weighted by Crippen LogP contribution is -2.22. The molecule has 0 saturated carbocycles. The van der Waals surface area contributed by atoms with Gasteiger partial charge in [0.1, 0.15) is 0 Å². The lowest BCUT2D eigenvalue weighted by atomic mass is 10.3. The van der Waals surface area contributed by atoms with Gasteiger partial charge in [-0.15, -0.1) is 0 Å². The maximum absolute atomic E-state index is 11.9. The van der Waals surface area contributed by atoms with Crippen molar-refractivity contribution < 1.29 is 8.42 Å². The summed E-state index contributed by atoms with van der Waals surface area (Å²) in [6.45, 7) is 2.07. The first kappa shape index (κ1) is 13.5. The van der Waals surface area contributed by atoms with Crippen LogP contribution in [0.1, 0.15) is 11.3 Å². The predicted molar refractivity (Wildman–Crippen MR) is 69.1 cm³/mol. The van der Waals surface area contributed by atoms with Crippen molar-refractivity contribution in [3.63, 3.8) is 0 Å². The maximum atomic E-state index is 11.9. The number of nitrogens with one attached hydrogen (secondary N) is 1. The standard InChI is InChI=1S/C9H11ClN4O2S2/c1-6-7(3-12-14(6)2)4-13-18(15,16)8-5-11-9(10)17-8/h3,5,13H,4H2,1-2H3. The van der Waals surface area contributed by atoms with Crippen molar-refractivity contribution in [1.29, 1.82) is 0 Å². The Hall–Kier alpha value is -0.960. The Labute approximate surface area is 114 Å². The average Bonchev–Trinajstić information content (AvgIpc) is 2.86. The van der Waals surface area contributed by atoms with Crippen molar-refractivity contribution in [3.05, 3.63) is 28.1 Å². The number of sulfonamides is 1. The van der Waals surface area contributed by atoms with Gasteiger partial charge >= 0.3 is 0 Å². The summed E-state index contributed by atoms with van der Waals surface area (Å²) in [6.07, 6.45) is 2.88. The molecule has 0 amide bonds. The van der Waals surface area contributed by atoms with Crippen molar-refractivity contribution >= 4 is 33.0 Å². The number of hydrogen-bond acceptors (Lipinski definition) is 5. The van der Waals surface area contributed by atoms with Gasteiger partial charge in [0.25, 0.3) is 10.0 Å². The van der Waals surface area contributed by atoms with Gasteiger partial charge in [-0.2, -0.15) is 5.10 Å². The van der Waals surface area contributed by atoms with E-state index in [1.807, 2.05) is 6.92 Å².